The third kappa shape index (κ3) is 10.3. The average molecular weight is 1030 g/mol. The van der Waals surface area contributed by atoms with Crippen LogP contribution >= 0.6 is 23.1 Å². The van der Waals surface area contributed by atoms with Crippen LogP contribution in [0, 0.1) is 24.5 Å². The Hall–Kier alpha value is -5.71. The quantitative estimate of drug-likeness (QED) is 0.0657. The van der Waals surface area contributed by atoms with E-state index in [1.165, 1.54) is 17.7 Å². The minimum absolute atomic E-state index is 0.0290. The molecule has 9 rings (SSSR count). The highest BCUT2D eigenvalue weighted by atomic mass is 79.9. The number of fused-ring (bicyclic) bond motifs is 1. The maximum atomic E-state index is 15.1. The standard InChI is InChI=1S/C50H58BrF2N10O5P/c1-6-29-23-41(58-50-54-27-36(51)47(60-50)57-40-11-10-39-34(8-7-28(2)55-39)46(40)69(4,5)67)43(68-3)26-42(29)62-15-13-33(14-16-62)61-17-19-63(20-18-61)49(66)30-21-31(22-30)56-32-24-37(52)45(38(53)25-32)35-9-12-44(64)59-48(35)65/h7-8,10-11,23-27,30-31,33,35,56H,6,9,12-22H2,1-5H3,(H,59,64,65)(H2,54,57,58,60)/t30-,31-,35?. The Kier molecular flexibility index (Phi) is 14.0. The fraction of sp³-hybridized carbons (Fsp3) is 0.440. The first-order chi connectivity index (χ1) is 33.1. The van der Waals surface area contributed by atoms with Gasteiger partial charge in [-0.25, -0.2) is 13.8 Å². The molecule has 2 aromatic heterocycles. The monoisotopic (exact) mass is 1030 g/mol. The van der Waals surface area contributed by atoms with E-state index in [0.29, 0.717) is 65.0 Å². The Morgan fingerprint density at radius 3 is 2.32 bits per heavy atom. The highest BCUT2D eigenvalue weighted by Gasteiger charge is 2.39. The number of amides is 3. The lowest BCUT2D eigenvalue weighted by atomic mass is 9.79. The SMILES string of the molecule is CCc1cc(Nc2ncc(Br)c(Nc3ccc4nc(C)ccc4c3P(C)(C)=O)n2)c(OC)cc1N1CCC(N2CCN(C(=O)[C@H]3C[C@H](Nc4cc(F)c(C5CCC(=O)NC5=O)c(F)c4)C3)CC2)CC1. The zero-order chi connectivity index (χ0) is 48.7. The van der Waals surface area contributed by atoms with Crippen molar-refractivity contribution < 1.29 is 32.5 Å². The number of aromatic nitrogens is 3. The molecule has 1 unspecified atom stereocenters. The Morgan fingerprint density at radius 1 is 0.928 bits per heavy atom. The minimum atomic E-state index is -2.75. The molecule has 15 nitrogen and oxygen atoms in total. The second-order valence-corrected chi connectivity index (χ2v) is 23.0. The van der Waals surface area contributed by atoms with Gasteiger partial charge in [-0.05, 0) is 117 Å². The molecule has 19 heteroatoms. The fourth-order valence-electron chi connectivity index (χ4n) is 10.4. The summed E-state index contributed by atoms with van der Waals surface area (Å²) in [4.78, 5) is 58.3. The van der Waals surface area contributed by atoms with Gasteiger partial charge < -0.3 is 35.1 Å². The first kappa shape index (κ1) is 48.3. The van der Waals surface area contributed by atoms with E-state index < -0.39 is 36.5 Å². The number of nitrogens with one attached hydrogen (secondary N) is 4. The molecule has 1 saturated carbocycles. The van der Waals surface area contributed by atoms with Gasteiger partial charge in [0.05, 0.1) is 34.4 Å². The molecule has 3 aromatic carbocycles. The zero-order valence-corrected chi connectivity index (χ0v) is 42.0. The number of imide groups is 1. The van der Waals surface area contributed by atoms with Crippen LogP contribution in [0.5, 0.6) is 5.75 Å². The number of anilines is 6. The first-order valence-corrected chi connectivity index (χ1v) is 27.1. The summed E-state index contributed by atoms with van der Waals surface area (Å²) in [6.07, 6.45) is 5.71. The lowest BCUT2D eigenvalue weighted by molar-refractivity contribution is -0.140. The minimum Gasteiger partial charge on any atom is -0.494 e. The van der Waals surface area contributed by atoms with E-state index in [1.807, 2.05) is 36.1 Å². The fourth-order valence-corrected chi connectivity index (χ4v) is 12.1. The molecule has 4 N–H and O–H groups in total. The van der Waals surface area contributed by atoms with Crippen LogP contribution in [0.4, 0.5) is 43.3 Å². The second kappa shape index (κ2) is 20.0. The lowest BCUT2D eigenvalue weighted by Gasteiger charge is -2.45. The molecule has 4 aliphatic rings. The predicted octanol–water partition coefficient (Wildman–Crippen LogP) is 8.20. The lowest BCUT2D eigenvalue weighted by Crippen LogP contribution is -2.56. The van der Waals surface area contributed by atoms with Gasteiger partial charge in [-0.2, -0.15) is 4.98 Å². The number of carbonyl (C=O) groups excluding carboxylic acids is 3. The summed E-state index contributed by atoms with van der Waals surface area (Å²) in [7, 11) is -1.09. The summed E-state index contributed by atoms with van der Waals surface area (Å²) >= 11 is 3.61. The highest BCUT2D eigenvalue weighted by molar-refractivity contribution is 9.10. The molecule has 3 amide bonds. The van der Waals surface area contributed by atoms with Gasteiger partial charge in [0.25, 0.3) is 0 Å². The van der Waals surface area contributed by atoms with E-state index in [2.05, 4.69) is 76.0 Å². The van der Waals surface area contributed by atoms with Crippen LogP contribution in [-0.2, 0) is 25.4 Å². The molecule has 364 valence electrons. The van der Waals surface area contributed by atoms with Crippen molar-refractivity contribution in [3.8, 4) is 5.75 Å². The Morgan fingerprint density at radius 2 is 1.65 bits per heavy atom. The van der Waals surface area contributed by atoms with Gasteiger partial charge in [-0.1, -0.05) is 13.0 Å². The molecule has 3 saturated heterocycles. The van der Waals surface area contributed by atoms with E-state index in [9.17, 15) is 18.9 Å². The molecule has 5 heterocycles. The van der Waals surface area contributed by atoms with Crippen LogP contribution < -0.4 is 36.2 Å². The summed E-state index contributed by atoms with van der Waals surface area (Å²) < 4.78 is 50.4. The van der Waals surface area contributed by atoms with Crippen LogP contribution in [0.1, 0.15) is 68.2 Å². The van der Waals surface area contributed by atoms with Gasteiger partial charge >= 0.3 is 0 Å². The number of ether oxygens (including phenoxy) is 1. The molecule has 1 aliphatic carbocycles. The van der Waals surface area contributed by atoms with Gasteiger partial charge in [0, 0.05) is 109 Å². The number of halogens is 3. The maximum absolute atomic E-state index is 15.1. The van der Waals surface area contributed by atoms with Crippen molar-refractivity contribution in [3.63, 3.8) is 0 Å². The molecule has 0 bridgehead atoms. The number of nitrogens with zero attached hydrogens (tertiary/aromatic N) is 6. The van der Waals surface area contributed by atoms with Crippen molar-refractivity contribution >= 4 is 91.5 Å². The molecule has 4 fully saturated rings. The number of pyridine rings is 1. The van der Waals surface area contributed by atoms with Crippen molar-refractivity contribution in [2.45, 2.75) is 76.8 Å². The highest BCUT2D eigenvalue weighted by Crippen LogP contribution is 2.43. The third-order valence-corrected chi connectivity index (χ3v) is 16.2. The maximum Gasteiger partial charge on any atom is 0.234 e. The van der Waals surface area contributed by atoms with Gasteiger partial charge in [0.2, 0.25) is 23.7 Å². The number of piperidine rings is 2. The third-order valence-electron chi connectivity index (χ3n) is 14.0. The first-order valence-electron chi connectivity index (χ1n) is 23.7. The number of hydrogen-bond acceptors (Lipinski definition) is 13. The van der Waals surface area contributed by atoms with Crippen molar-refractivity contribution in [3.05, 3.63) is 87.7 Å². The Balaban J connectivity index is 0.773. The van der Waals surface area contributed by atoms with Gasteiger partial charge in [0.1, 0.15) is 30.3 Å². The van der Waals surface area contributed by atoms with Crippen LogP contribution in [0.25, 0.3) is 10.9 Å². The molecule has 1 atom stereocenters. The molecule has 69 heavy (non-hydrogen) atoms. The number of aryl methyl sites for hydroxylation is 2. The number of methoxy groups -OCH3 is 1. The van der Waals surface area contributed by atoms with Crippen LogP contribution in [0.2, 0.25) is 0 Å². The molecular formula is C50H58BrF2N10O5P. The summed E-state index contributed by atoms with van der Waals surface area (Å²) in [6, 6.07) is 14.6. The molecule has 0 radical (unpaired) electrons. The smallest absolute Gasteiger partial charge is 0.234 e. The van der Waals surface area contributed by atoms with Crippen molar-refractivity contribution in [1.29, 1.82) is 0 Å². The van der Waals surface area contributed by atoms with Gasteiger partial charge in [-0.3, -0.25) is 29.6 Å². The Bertz CT molecular complexity index is 2840. The molecule has 3 aliphatic heterocycles. The summed E-state index contributed by atoms with van der Waals surface area (Å²) in [5.41, 5.74) is 5.35. The number of benzene rings is 3. The van der Waals surface area contributed by atoms with Crippen molar-refractivity contribution in [2.75, 3.05) is 80.6 Å². The summed E-state index contributed by atoms with van der Waals surface area (Å²) in [5.74, 6) is -2.32. The number of hydrogen-bond donors (Lipinski definition) is 4. The second-order valence-electron chi connectivity index (χ2n) is 19.0. The zero-order valence-electron chi connectivity index (χ0n) is 39.5. The number of piperazine rings is 1. The van der Waals surface area contributed by atoms with Crippen molar-refractivity contribution in [2.24, 2.45) is 5.92 Å². The summed E-state index contributed by atoms with van der Waals surface area (Å²) in [6.45, 7) is 12.3. The topological polar surface area (TPSA) is 174 Å². The Labute approximate surface area is 409 Å². The van der Waals surface area contributed by atoms with E-state index in [4.69, 9.17) is 9.72 Å². The van der Waals surface area contributed by atoms with E-state index in [1.54, 1.807) is 26.6 Å². The van der Waals surface area contributed by atoms with E-state index in [-0.39, 0.29) is 42.0 Å². The predicted molar refractivity (Wildman–Crippen MR) is 269 cm³/mol. The van der Waals surface area contributed by atoms with Crippen LogP contribution in [0.3, 0.4) is 0 Å². The summed E-state index contributed by atoms with van der Waals surface area (Å²) in [5, 5.41) is 13.7. The van der Waals surface area contributed by atoms with Crippen molar-refractivity contribution in [1.82, 2.24) is 30.1 Å². The normalized spacial score (nSPS) is 20.4. The molecule has 0 spiro atoms. The molecular weight excluding hydrogens is 969 g/mol. The number of carbonyl (C=O) groups is 3. The largest absolute Gasteiger partial charge is 0.494 e. The van der Waals surface area contributed by atoms with Gasteiger partial charge in [-0.15, -0.1) is 0 Å². The van der Waals surface area contributed by atoms with E-state index in [0.717, 1.165) is 73.4 Å². The van der Waals surface area contributed by atoms with Gasteiger partial charge in [0.15, 0.2) is 0 Å². The van der Waals surface area contributed by atoms with E-state index >= 15 is 8.78 Å². The number of rotatable bonds is 13. The molecule has 5 aromatic rings. The average Bonchev–Trinajstić information content (AvgIpc) is 3.31. The van der Waals surface area contributed by atoms with Crippen LogP contribution in [0.15, 0.2) is 59.2 Å². The van der Waals surface area contributed by atoms with Crippen LogP contribution in [-0.4, -0.2) is 114 Å².